The van der Waals surface area contributed by atoms with Gasteiger partial charge in [0.05, 0.1) is 27.5 Å². The molecule has 0 aliphatic carbocycles. The Morgan fingerprint density at radius 3 is 2.13 bits per heavy atom. The summed E-state index contributed by atoms with van der Waals surface area (Å²) in [6, 6.07) is 10.2. The molecule has 2 N–H and O–H groups in total. The Morgan fingerprint density at radius 2 is 1.57 bits per heavy atom. The molecule has 0 aromatic heterocycles. The summed E-state index contributed by atoms with van der Waals surface area (Å²) >= 11 is 5.80. The molecule has 0 aliphatic rings. The van der Waals surface area contributed by atoms with Crippen LogP contribution in [-0.2, 0) is 9.59 Å². The summed E-state index contributed by atoms with van der Waals surface area (Å²) in [5, 5.41) is 7.27. The lowest BCUT2D eigenvalue weighted by molar-refractivity contribution is -0.121. The Hall–Kier alpha value is -3.26. The van der Waals surface area contributed by atoms with Crippen LogP contribution in [0.4, 0.5) is 5.69 Å². The summed E-state index contributed by atoms with van der Waals surface area (Å²) in [4.78, 5) is 23.8. The highest BCUT2D eigenvalue weighted by atomic mass is 35.5. The second-order valence-corrected chi connectivity index (χ2v) is 6.60. The number of nitrogens with one attached hydrogen (secondary N) is 2. The van der Waals surface area contributed by atoms with E-state index in [2.05, 4.69) is 15.8 Å². The molecule has 0 aliphatic heterocycles. The second kappa shape index (κ2) is 11.7. The third-order valence-corrected chi connectivity index (χ3v) is 4.28. The topological polar surface area (TPSA) is 98.2 Å². The van der Waals surface area contributed by atoms with E-state index in [9.17, 15) is 9.59 Å². The Balaban J connectivity index is 1.79. The number of anilines is 1. The molecule has 0 saturated carbocycles. The molecule has 0 radical (unpaired) electrons. The fraction of sp³-hybridized carbons (Fsp3) is 0.286. The van der Waals surface area contributed by atoms with E-state index in [-0.39, 0.29) is 24.7 Å². The molecule has 0 bridgehead atoms. The van der Waals surface area contributed by atoms with Crippen LogP contribution in [0.25, 0.3) is 0 Å². The van der Waals surface area contributed by atoms with Crippen molar-refractivity contribution in [2.75, 3.05) is 26.6 Å². The number of benzene rings is 2. The summed E-state index contributed by atoms with van der Waals surface area (Å²) in [7, 11) is 4.55. The Kier molecular flexibility index (Phi) is 8.96. The average Bonchev–Trinajstić information content (AvgIpc) is 2.74. The summed E-state index contributed by atoms with van der Waals surface area (Å²) in [6.07, 6.45) is 2.24. The van der Waals surface area contributed by atoms with Crippen LogP contribution in [0.1, 0.15) is 24.8 Å². The van der Waals surface area contributed by atoms with Crippen LogP contribution in [-0.4, -0.2) is 39.4 Å². The normalized spacial score (nSPS) is 10.5. The number of carbonyl (C=O) groups excluding carboxylic acids is 2. The monoisotopic (exact) mass is 433 g/mol. The Morgan fingerprint density at radius 1 is 0.967 bits per heavy atom. The van der Waals surface area contributed by atoms with Gasteiger partial charge in [-0.15, -0.1) is 0 Å². The molecule has 2 aromatic rings. The van der Waals surface area contributed by atoms with Gasteiger partial charge in [0.2, 0.25) is 17.6 Å². The van der Waals surface area contributed by atoms with E-state index >= 15 is 0 Å². The standard InChI is InChI=1S/C21H24ClN3O5/c1-28-17-11-14(12-18(29-2)21(17)30-3)13-23-25-20(27)6-4-5-19(26)24-16-9-7-15(22)8-10-16/h7-13H,4-6H2,1-3H3,(H,24,26)(H,25,27)/b23-13+. The van der Waals surface area contributed by atoms with E-state index in [4.69, 9.17) is 25.8 Å². The number of hydrazone groups is 1. The van der Waals surface area contributed by atoms with Gasteiger partial charge in [0.25, 0.3) is 0 Å². The van der Waals surface area contributed by atoms with Crippen molar-refractivity contribution in [1.29, 1.82) is 0 Å². The van der Waals surface area contributed by atoms with Crippen molar-refractivity contribution in [3.8, 4) is 17.2 Å². The van der Waals surface area contributed by atoms with Gasteiger partial charge < -0.3 is 19.5 Å². The van der Waals surface area contributed by atoms with Crippen molar-refractivity contribution in [2.45, 2.75) is 19.3 Å². The minimum Gasteiger partial charge on any atom is -0.493 e. The third kappa shape index (κ3) is 6.97. The number of halogens is 1. The smallest absolute Gasteiger partial charge is 0.240 e. The molecule has 160 valence electrons. The highest BCUT2D eigenvalue weighted by molar-refractivity contribution is 6.30. The minimum atomic E-state index is -0.294. The van der Waals surface area contributed by atoms with Gasteiger partial charge in [-0.1, -0.05) is 11.6 Å². The molecule has 2 amide bonds. The quantitative estimate of drug-likeness (QED) is 0.440. The van der Waals surface area contributed by atoms with Gasteiger partial charge in [-0.3, -0.25) is 9.59 Å². The summed E-state index contributed by atoms with van der Waals surface area (Å²) in [5.74, 6) is 0.967. The van der Waals surface area contributed by atoms with Crippen molar-refractivity contribution in [2.24, 2.45) is 5.10 Å². The SMILES string of the molecule is COc1cc(/C=N/NC(=O)CCCC(=O)Nc2ccc(Cl)cc2)cc(OC)c1OC. The lowest BCUT2D eigenvalue weighted by atomic mass is 10.2. The predicted octanol–water partition coefficient (Wildman–Crippen LogP) is 3.62. The molecule has 0 fully saturated rings. The molecule has 0 heterocycles. The lowest BCUT2D eigenvalue weighted by Crippen LogP contribution is -2.18. The predicted molar refractivity (Wildman–Crippen MR) is 116 cm³/mol. The van der Waals surface area contributed by atoms with Crippen LogP contribution in [0.2, 0.25) is 5.02 Å². The number of carbonyl (C=O) groups is 2. The average molecular weight is 434 g/mol. The van der Waals surface area contributed by atoms with E-state index in [1.807, 2.05) is 0 Å². The summed E-state index contributed by atoms with van der Waals surface area (Å²) < 4.78 is 15.8. The summed E-state index contributed by atoms with van der Waals surface area (Å²) in [6.45, 7) is 0. The maximum atomic E-state index is 11.9. The zero-order valence-corrected chi connectivity index (χ0v) is 17.8. The van der Waals surface area contributed by atoms with E-state index in [0.29, 0.717) is 39.9 Å². The molecule has 0 atom stereocenters. The molecule has 0 saturated heterocycles. The highest BCUT2D eigenvalue weighted by Gasteiger charge is 2.12. The molecule has 0 unspecified atom stereocenters. The maximum absolute atomic E-state index is 11.9. The lowest BCUT2D eigenvalue weighted by Gasteiger charge is -2.12. The van der Waals surface area contributed by atoms with Gasteiger partial charge in [0, 0.05) is 29.1 Å². The Labute approximate surface area is 180 Å². The number of hydrogen-bond acceptors (Lipinski definition) is 6. The minimum absolute atomic E-state index is 0.167. The van der Waals surface area contributed by atoms with Crippen molar-refractivity contribution in [1.82, 2.24) is 5.43 Å². The zero-order valence-electron chi connectivity index (χ0n) is 17.0. The first kappa shape index (κ1) is 23.0. The van der Waals surface area contributed by atoms with E-state index in [0.717, 1.165) is 0 Å². The first-order chi connectivity index (χ1) is 14.5. The first-order valence-corrected chi connectivity index (χ1v) is 9.52. The molecule has 2 rings (SSSR count). The zero-order chi connectivity index (χ0) is 21.9. The van der Waals surface area contributed by atoms with Crippen LogP contribution < -0.4 is 25.0 Å². The van der Waals surface area contributed by atoms with Gasteiger partial charge in [-0.05, 0) is 42.8 Å². The van der Waals surface area contributed by atoms with Gasteiger partial charge in [-0.2, -0.15) is 5.10 Å². The van der Waals surface area contributed by atoms with E-state index in [1.54, 1.807) is 36.4 Å². The van der Waals surface area contributed by atoms with Gasteiger partial charge >= 0.3 is 0 Å². The highest BCUT2D eigenvalue weighted by Crippen LogP contribution is 2.37. The number of ether oxygens (including phenoxy) is 3. The van der Waals surface area contributed by atoms with Gasteiger partial charge in [-0.25, -0.2) is 5.43 Å². The first-order valence-electron chi connectivity index (χ1n) is 9.14. The van der Waals surface area contributed by atoms with Crippen molar-refractivity contribution >= 4 is 35.3 Å². The maximum Gasteiger partial charge on any atom is 0.240 e. The molecule has 9 heteroatoms. The van der Waals surface area contributed by atoms with E-state index in [1.165, 1.54) is 27.5 Å². The third-order valence-electron chi connectivity index (χ3n) is 4.03. The molecule has 30 heavy (non-hydrogen) atoms. The van der Waals surface area contributed by atoms with Crippen LogP contribution in [0.3, 0.4) is 0 Å². The van der Waals surface area contributed by atoms with Crippen LogP contribution in [0.15, 0.2) is 41.5 Å². The number of nitrogens with zero attached hydrogens (tertiary/aromatic N) is 1. The van der Waals surface area contributed by atoms with Crippen LogP contribution >= 0.6 is 11.6 Å². The van der Waals surface area contributed by atoms with Gasteiger partial charge in [0.15, 0.2) is 11.5 Å². The van der Waals surface area contributed by atoms with E-state index < -0.39 is 0 Å². The number of rotatable bonds is 10. The van der Waals surface area contributed by atoms with Crippen molar-refractivity contribution in [3.05, 3.63) is 47.0 Å². The van der Waals surface area contributed by atoms with Crippen molar-refractivity contribution in [3.63, 3.8) is 0 Å². The molecule has 0 spiro atoms. The van der Waals surface area contributed by atoms with Crippen molar-refractivity contribution < 1.29 is 23.8 Å². The molecule has 8 nitrogen and oxygen atoms in total. The fourth-order valence-corrected chi connectivity index (χ4v) is 2.70. The number of hydrogen-bond donors (Lipinski definition) is 2. The van der Waals surface area contributed by atoms with Gasteiger partial charge in [0.1, 0.15) is 0 Å². The molecule has 2 aromatic carbocycles. The Bertz CT molecular complexity index is 875. The van der Waals surface area contributed by atoms with Crippen LogP contribution in [0, 0.1) is 0 Å². The number of methoxy groups -OCH3 is 3. The fourth-order valence-electron chi connectivity index (χ4n) is 2.58. The second-order valence-electron chi connectivity index (χ2n) is 6.16. The largest absolute Gasteiger partial charge is 0.493 e. The molecular formula is C21H24ClN3O5. The summed E-state index contributed by atoms with van der Waals surface area (Å²) in [5.41, 5.74) is 3.75. The molecular weight excluding hydrogens is 410 g/mol. The van der Waals surface area contributed by atoms with Crippen LogP contribution in [0.5, 0.6) is 17.2 Å². The number of amides is 2.